The fourth-order valence-corrected chi connectivity index (χ4v) is 8.49. The van der Waals surface area contributed by atoms with E-state index in [1.807, 2.05) is 0 Å². The molecule has 422 valence electrons. The molecule has 18 N–H and O–H groups in total. The highest BCUT2D eigenvalue weighted by molar-refractivity contribution is 6.30. The van der Waals surface area contributed by atoms with Gasteiger partial charge in [-0.25, -0.2) is 0 Å². The molecule has 4 aromatic carbocycles. The van der Waals surface area contributed by atoms with Crippen LogP contribution in [0, 0.1) is 0 Å². The van der Waals surface area contributed by atoms with Crippen molar-refractivity contribution in [3.05, 3.63) is 142 Å². The first-order valence-electron chi connectivity index (χ1n) is 25.5. The lowest BCUT2D eigenvalue weighted by Gasteiger charge is -2.29. The van der Waals surface area contributed by atoms with Crippen molar-refractivity contribution in [3.8, 4) is 11.5 Å². The zero-order chi connectivity index (χ0) is 57.8. The number of primary amides is 2. The lowest BCUT2D eigenvalue weighted by atomic mass is 10.00. The van der Waals surface area contributed by atoms with Crippen LogP contribution in [0.15, 0.2) is 109 Å². The van der Waals surface area contributed by atoms with Crippen LogP contribution in [0.5, 0.6) is 11.5 Å². The summed E-state index contributed by atoms with van der Waals surface area (Å²) in [5.41, 5.74) is 25.5. The van der Waals surface area contributed by atoms with Crippen molar-refractivity contribution in [3.63, 3.8) is 0 Å². The van der Waals surface area contributed by atoms with Crippen molar-refractivity contribution in [2.75, 3.05) is 6.54 Å². The number of nitrogens with two attached hydrogens (primary N) is 4. The summed E-state index contributed by atoms with van der Waals surface area (Å²) in [6.07, 6.45) is 0.499. The molecule has 79 heavy (non-hydrogen) atoms. The van der Waals surface area contributed by atoms with E-state index in [4.69, 9.17) is 34.5 Å². The number of carbonyl (C=O) groups excluding carboxylic acids is 9. The van der Waals surface area contributed by atoms with E-state index in [9.17, 15) is 58.5 Å². The van der Waals surface area contributed by atoms with Crippen LogP contribution in [-0.4, -0.2) is 129 Å². The maximum atomic E-state index is 14.7. The first kappa shape index (κ1) is 61.5. The quantitative estimate of drug-likeness (QED) is 0.0404. The standard InChI is InChI=1S/C55H68ClN11O12/c1-30(68)46-55(79)63-41(50(74)64-43(48(60)72)27-33-13-21-37(69)22-14-33)7-3-2-6-40(61-49(73)39(58)26-31-11-19-36(56)20-12-31)51(75)65-45(29-34-15-23-38(70)24-16-34)54(78)66-44(28-32-9-17-35(18-10-32)47(59)71)53(77)62-42(52(76)67-46)8-4-5-25-57/h2-3,9-24,30,39-46,68-70H,4-8,25-29,57-58H2,1H3,(H2,59,71)(H2,60,72)(H,61,73)(H,62,77)(H,63,79)(H,64,74)(H,65,75)(H,66,78)(H,67,76)/t30-,39+,40-,41+,42+,43-,44-,45+,46+/m1/s1. The summed E-state index contributed by atoms with van der Waals surface area (Å²) >= 11 is 6.06. The minimum absolute atomic E-state index is 0.0189. The summed E-state index contributed by atoms with van der Waals surface area (Å²) in [6.45, 7) is 1.41. The molecule has 0 radical (unpaired) electrons. The minimum atomic E-state index is -1.77. The number of aromatic hydroxyl groups is 2. The van der Waals surface area contributed by atoms with E-state index >= 15 is 0 Å². The molecule has 0 spiro atoms. The van der Waals surface area contributed by atoms with Gasteiger partial charge in [0.05, 0.1) is 12.1 Å². The average Bonchev–Trinajstić information content (AvgIpc) is 3.41. The van der Waals surface area contributed by atoms with Gasteiger partial charge >= 0.3 is 0 Å². The topological polar surface area (TPSA) is 403 Å². The normalized spacial score (nSPS) is 20.8. The van der Waals surface area contributed by atoms with Gasteiger partial charge in [0.25, 0.3) is 0 Å². The molecule has 0 aliphatic carbocycles. The molecule has 0 saturated heterocycles. The monoisotopic (exact) mass is 1110 g/mol. The number of hydrogen-bond donors (Lipinski definition) is 14. The van der Waals surface area contributed by atoms with Gasteiger partial charge in [-0.15, -0.1) is 0 Å². The van der Waals surface area contributed by atoms with Gasteiger partial charge in [0.2, 0.25) is 53.2 Å². The van der Waals surface area contributed by atoms with Gasteiger partial charge in [-0.05, 0) is 123 Å². The number of unbranched alkanes of at least 4 members (excludes halogenated alkanes) is 1. The number of aliphatic hydroxyl groups is 1. The first-order valence-corrected chi connectivity index (χ1v) is 25.9. The lowest BCUT2D eigenvalue weighted by Crippen LogP contribution is -2.62. The highest BCUT2D eigenvalue weighted by atomic mass is 35.5. The fourth-order valence-electron chi connectivity index (χ4n) is 8.36. The highest BCUT2D eigenvalue weighted by Crippen LogP contribution is 2.17. The van der Waals surface area contributed by atoms with Crippen LogP contribution in [0.2, 0.25) is 5.02 Å². The fraction of sp³-hybridized carbons (Fsp3) is 0.364. The van der Waals surface area contributed by atoms with E-state index in [0.29, 0.717) is 33.7 Å². The summed E-state index contributed by atoms with van der Waals surface area (Å²) in [5.74, 6) is -8.31. The Balaban J connectivity index is 1.60. The third-order valence-corrected chi connectivity index (χ3v) is 13.1. The summed E-state index contributed by atoms with van der Waals surface area (Å²) < 4.78 is 0. The van der Waals surface area contributed by atoms with E-state index < -0.39 is 108 Å². The van der Waals surface area contributed by atoms with Crippen LogP contribution in [0.1, 0.15) is 71.6 Å². The van der Waals surface area contributed by atoms with Gasteiger partial charge in [0, 0.05) is 29.8 Å². The molecule has 1 heterocycles. The van der Waals surface area contributed by atoms with E-state index in [-0.39, 0.29) is 75.0 Å². The van der Waals surface area contributed by atoms with Crippen molar-refractivity contribution in [1.82, 2.24) is 37.2 Å². The third-order valence-electron chi connectivity index (χ3n) is 12.9. The molecular formula is C55H68ClN11O12. The predicted octanol–water partition coefficient (Wildman–Crippen LogP) is -0.813. The summed E-state index contributed by atoms with van der Waals surface area (Å²) in [7, 11) is 0. The second kappa shape index (κ2) is 30.0. The molecule has 9 amide bonds. The zero-order valence-corrected chi connectivity index (χ0v) is 44.1. The Hall–Kier alpha value is -8.38. The number of rotatable bonds is 19. The maximum absolute atomic E-state index is 14.7. The molecule has 23 nitrogen and oxygen atoms in total. The van der Waals surface area contributed by atoms with Crippen LogP contribution in [-0.2, 0) is 64.0 Å². The zero-order valence-electron chi connectivity index (χ0n) is 43.4. The SMILES string of the molecule is C[C@@H](O)[C@@H]1NC(=O)[C@H](CCCCN)NC(=O)[C@@H](Cc2ccc(C(N)=O)cc2)NC(=O)[C@H](Cc2ccc(O)cc2)NC(=O)[C@H](NC(=O)[C@@H](N)Cc2ccc(Cl)cc2)CC=CC[C@@H](C(=O)N[C@H](Cc2ccc(O)cc2)C(N)=O)NC1=O. The molecule has 0 aromatic heterocycles. The second-order valence-corrected chi connectivity index (χ2v) is 19.6. The van der Waals surface area contributed by atoms with Crippen LogP contribution < -0.4 is 60.2 Å². The number of amides is 9. The number of carbonyl (C=O) groups is 9. The molecule has 0 saturated carbocycles. The van der Waals surface area contributed by atoms with Crippen LogP contribution in [0.3, 0.4) is 0 Å². The first-order chi connectivity index (χ1) is 37.6. The number of benzene rings is 4. The smallest absolute Gasteiger partial charge is 0.248 e. The van der Waals surface area contributed by atoms with E-state index in [1.54, 1.807) is 24.3 Å². The largest absolute Gasteiger partial charge is 0.508 e. The van der Waals surface area contributed by atoms with Crippen molar-refractivity contribution >= 4 is 64.8 Å². The average molecular weight is 1110 g/mol. The molecule has 4 aromatic rings. The van der Waals surface area contributed by atoms with E-state index in [0.717, 1.165) is 0 Å². The molecule has 0 unspecified atom stereocenters. The number of phenolic OH excluding ortho intramolecular Hbond substituents is 2. The highest BCUT2D eigenvalue weighted by Gasteiger charge is 2.36. The molecule has 0 bridgehead atoms. The number of halogens is 1. The summed E-state index contributed by atoms with van der Waals surface area (Å²) in [4.78, 5) is 125. The van der Waals surface area contributed by atoms with Gasteiger partial charge in [-0.2, -0.15) is 0 Å². The van der Waals surface area contributed by atoms with Gasteiger partial charge in [-0.3, -0.25) is 43.2 Å². The second-order valence-electron chi connectivity index (χ2n) is 19.2. The summed E-state index contributed by atoms with van der Waals surface area (Å²) in [6, 6.07) is 12.0. The Morgan fingerprint density at radius 2 is 1.13 bits per heavy atom. The van der Waals surface area contributed by atoms with E-state index in [1.165, 1.54) is 91.9 Å². The van der Waals surface area contributed by atoms with E-state index in [2.05, 4.69) is 37.2 Å². The third kappa shape index (κ3) is 19.5. The molecule has 9 atom stereocenters. The summed E-state index contributed by atoms with van der Waals surface area (Å²) in [5, 5.41) is 49.6. The Morgan fingerprint density at radius 1 is 0.633 bits per heavy atom. The van der Waals surface area contributed by atoms with Crippen molar-refractivity contribution in [1.29, 1.82) is 0 Å². The maximum Gasteiger partial charge on any atom is 0.248 e. The Labute approximate surface area is 461 Å². The predicted molar refractivity (Wildman–Crippen MR) is 291 cm³/mol. The van der Waals surface area contributed by atoms with Gasteiger partial charge < -0.3 is 75.5 Å². The van der Waals surface area contributed by atoms with Gasteiger partial charge in [-0.1, -0.05) is 72.3 Å². The van der Waals surface area contributed by atoms with Crippen molar-refractivity contribution in [2.45, 2.75) is 119 Å². The lowest BCUT2D eigenvalue weighted by molar-refractivity contribution is -0.137. The number of phenols is 2. The van der Waals surface area contributed by atoms with Crippen molar-refractivity contribution < 1.29 is 58.5 Å². The molecule has 5 rings (SSSR count). The van der Waals surface area contributed by atoms with Crippen LogP contribution in [0.4, 0.5) is 0 Å². The molecule has 24 heteroatoms. The Morgan fingerprint density at radius 3 is 1.67 bits per heavy atom. The number of hydrogen-bond acceptors (Lipinski definition) is 14. The molecule has 0 fully saturated rings. The van der Waals surface area contributed by atoms with Crippen molar-refractivity contribution in [2.24, 2.45) is 22.9 Å². The Kier molecular flexibility index (Phi) is 23.3. The van der Waals surface area contributed by atoms with Gasteiger partial charge in [0.15, 0.2) is 0 Å². The molecular weight excluding hydrogens is 1040 g/mol. The van der Waals surface area contributed by atoms with Crippen LogP contribution in [0.25, 0.3) is 0 Å². The Bertz CT molecular complexity index is 2800. The minimum Gasteiger partial charge on any atom is -0.508 e. The number of nitrogens with one attached hydrogen (secondary N) is 7. The van der Waals surface area contributed by atoms with Crippen LogP contribution >= 0.6 is 11.6 Å². The molecule has 1 aliphatic rings. The van der Waals surface area contributed by atoms with Gasteiger partial charge in [0.1, 0.15) is 53.8 Å². The molecule has 1 aliphatic heterocycles. The number of aliphatic hydroxyl groups excluding tert-OH is 1.